The van der Waals surface area contributed by atoms with Gasteiger partial charge in [-0.25, -0.2) is 13.4 Å². The third kappa shape index (κ3) is 3.21. The third-order valence-electron chi connectivity index (χ3n) is 3.31. The van der Waals surface area contributed by atoms with Gasteiger partial charge in [0.1, 0.15) is 10.6 Å². The molecule has 2 heterocycles. The van der Waals surface area contributed by atoms with Crippen molar-refractivity contribution in [2.45, 2.75) is 18.7 Å². The molecule has 10 heteroatoms. The van der Waals surface area contributed by atoms with Crippen molar-refractivity contribution in [3.8, 4) is 6.01 Å². The van der Waals surface area contributed by atoms with Crippen LogP contribution in [0.5, 0.6) is 6.01 Å². The first kappa shape index (κ1) is 17.0. The summed E-state index contributed by atoms with van der Waals surface area (Å²) >= 11 is 0. The summed E-state index contributed by atoms with van der Waals surface area (Å²) in [6, 6.07) is 0.158. The zero-order valence-electron chi connectivity index (χ0n) is 13.9. The van der Waals surface area contributed by atoms with Crippen LogP contribution in [-0.4, -0.2) is 49.4 Å². The normalized spacial score (nSPS) is 11.4. The van der Waals surface area contributed by atoms with E-state index in [-0.39, 0.29) is 16.6 Å². The van der Waals surface area contributed by atoms with Crippen molar-refractivity contribution in [1.29, 1.82) is 0 Å². The molecule has 0 unspecified atom stereocenters. The van der Waals surface area contributed by atoms with Gasteiger partial charge in [-0.15, -0.1) is 0 Å². The molecule has 0 bridgehead atoms. The Bertz CT molecular complexity index is 828. The fraction of sp³-hybridized carbons (Fsp3) is 0.462. The number of nitrogens with zero attached hydrogens (tertiary/aromatic N) is 5. The molecule has 0 radical (unpaired) electrons. The number of hydrogen-bond donors (Lipinski definition) is 1. The third-order valence-corrected chi connectivity index (χ3v) is 4.93. The lowest BCUT2D eigenvalue weighted by atomic mass is 10.4. The minimum atomic E-state index is -3.81. The highest BCUT2D eigenvalue weighted by atomic mass is 32.2. The second-order valence-electron chi connectivity index (χ2n) is 5.22. The van der Waals surface area contributed by atoms with E-state index < -0.39 is 10.0 Å². The molecule has 0 spiro atoms. The molecule has 2 aromatic heterocycles. The van der Waals surface area contributed by atoms with Crippen LogP contribution < -0.4 is 14.4 Å². The largest absolute Gasteiger partial charge is 0.467 e. The second-order valence-corrected chi connectivity index (χ2v) is 6.84. The Kier molecular flexibility index (Phi) is 4.46. The summed E-state index contributed by atoms with van der Waals surface area (Å²) in [4.78, 5) is 9.95. The number of ether oxygens (including phenoxy) is 1. The summed E-state index contributed by atoms with van der Waals surface area (Å²) in [6.45, 7) is 3.35. The zero-order valence-corrected chi connectivity index (χ0v) is 14.8. The first-order valence-electron chi connectivity index (χ1n) is 6.78. The Balaban J connectivity index is 2.49. The number of rotatable bonds is 5. The van der Waals surface area contributed by atoms with E-state index in [2.05, 4.69) is 19.8 Å². The number of aryl methyl sites for hydroxylation is 2. The van der Waals surface area contributed by atoms with Crippen molar-refractivity contribution in [2.75, 3.05) is 30.8 Å². The van der Waals surface area contributed by atoms with Gasteiger partial charge >= 0.3 is 6.01 Å². The van der Waals surface area contributed by atoms with E-state index in [9.17, 15) is 8.42 Å². The Hall–Kier alpha value is -2.36. The van der Waals surface area contributed by atoms with E-state index in [1.165, 1.54) is 18.0 Å². The number of anilines is 2. The Labute approximate surface area is 135 Å². The van der Waals surface area contributed by atoms with Crippen LogP contribution in [0.4, 0.5) is 11.5 Å². The molecule has 2 rings (SSSR count). The fourth-order valence-corrected chi connectivity index (χ4v) is 3.69. The highest BCUT2D eigenvalue weighted by molar-refractivity contribution is 7.92. The van der Waals surface area contributed by atoms with Crippen molar-refractivity contribution >= 4 is 21.5 Å². The summed E-state index contributed by atoms with van der Waals surface area (Å²) in [5, 5.41) is 4.14. The molecule has 0 aliphatic heterocycles. The van der Waals surface area contributed by atoms with Crippen molar-refractivity contribution < 1.29 is 13.2 Å². The highest BCUT2D eigenvalue weighted by Gasteiger charge is 2.25. The molecule has 126 valence electrons. The van der Waals surface area contributed by atoms with Gasteiger partial charge in [-0.2, -0.15) is 10.1 Å². The van der Waals surface area contributed by atoms with Gasteiger partial charge in [-0.05, 0) is 13.8 Å². The molecule has 0 aliphatic carbocycles. The first-order chi connectivity index (χ1) is 10.7. The lowest BCUT2D eigenvalue weighted by molar-refractivity contribution is 0.380. The Morgan fingerprint density at radius 2 is 1.96 bits per heavy atom. The van der Waals surface area contributed by atoms with Crippen LogP contribution >= 0.6 is 0 Å². The van der Waals surface area contributed by atoms with Gasteiger partial charge in [0.15, 0.2) is 5.82 Å². The average Bonchev–Trinajstić information content (AvgIpc) is 2.72. The number of sulfonamides is 1. The maximum absolute atomic E-state index is 12.7. The molecule has 2 aromatic rings. The molecule has 0 saturated carbocycles. The van der Waals surface area contributed by atoms with Crippen LogP contribution in [-0.2, 0) is 17.1 Å². The van der Waals surface area contributed by atoms with Gasteiger partial charge in [-0.3, -0.25) is 9.40 Å². The van der Waals surface area contributed by atoms with Crippen LogP contribution in [0, 0.1) is 13.8 Å². The predicted octanol–water partition coefficient (Wildman–Crippen LogP) is 0.702. The van der Waals surface area contributed by atoms with Gasteiger partial charge in [0.2, 0.25) is 0 Å². The highest BCUT2D eigenvalue weighted by Crippen LogP contribution is 2.27. The molecule has 0 aromatic carbocycles. The SMILES string of the molecule is COc1ncc(NS(=O)(=O)c2c(C)nn(C)c2C)c(N(C)C)n1. The smallest absolute Gasteiger partial charge is 0.318 e. The molecule has 0 aliphatic rings. The number of nitrogens with one attached hydrogen (secondary N) is 1. The molecule has 0 atom stereocenters. The molecule has 0 fully saturated rings. The van der Waals surface area contributed by atoms with Crippen molar-refractivity contribution in [3.63, 3.8) is 0 Å². The Morgan fingerprint density at radius 1 is 1.30 bits per heavy atom. The van der Waals surface area contributed by atoms with Crippen molar-refractivity contribution in [1.82, 2.24) is 19.7 Å². The quantitative estimate of drug-likeness (QED) is 0.855. The van der Waals surface area contributed by atoms with Crippen molar-refractivity contribution in [3.05, 3.63) is 17.6 Å². The number of methoxy groups -OCH3 is 1. The maximum Gasteiger partial charge on any atom is 0.318 e. The van der Waals surface area contributed by atoms with E-state index in [1.54, 1.807) is 39.9 Å². The lowest BCUT2D eigenvalue weighted by Crippen LogP contribution is -2.20. The molecule has 1 N–H and O–H groups in total. The minimum absolute atomic E-state index is 0.153. The lowest BCUT2D eigenvalue weighted by Gasteiger charge is -2.17. The summed E-state index contributed by atoms with van der Waals surface area (Å²) < 4.78 is 34.5. The van der Waals surface area contributed by atoms with Crippen LogP contribution in [0.25, 0.3) is 0 Å². The molecular weight excluding hydrogens is 320 g/mol. The number of hydrogen-bond acceptors (Lipinski definition) is 7. The molecule has 9 nitrogen and oxygen atoms in total. The first-order valence-corrected chi connectivity index (χ1v) is 8.27. The van der Waals surface area contributed by atoms with E-state index in [0.29, 0.717) is 17.2 Å². The minimum Gasteiger partial charge on any atom is -0.467 e. The van der Waals surface area contributed by atoms with E-state index in [0.717, 1.165) is 0 Å². The van der Waals surface area contributed by atoms with Crippen LogP contribution in [0.15, 0.2) is 11.1 Å². The monoisotopic (exact) mass is 340 g/mol. The number of aromatic nitrogens is 4. The molecule has 0 saturated heterocycles. The van der Waals surface area contributed by atoms with E-state index >= 15 is 0 Å². The van der Waals surface area contributed by atoms with Gasteiger partial charge in [0, 0.05) is 21.1 Å². The van der Waals surface area contributed by atoms with Crippen molar-refractivity contribution in [2.24, 2.45) is 7.05 Å². The standard InChI is InChI=1S/C13H20N6O3S/c1-8-11(9(2)19(5)16-8)23(20,21)17-10-7-14-13(22-6)15-12(10)18(3)4/h7,17H,1-6H3. The van der Waals surface area contributed by atoms with E-state index in [1.807, 2.05) is 0 Å². The topological polar surface area (TPSA) is 102 Å². The second kappa shape index (κ2) is 6.03. The van der Waals surface area contributed by atoms with E-state index in [4.69, 9.17) is 4.74 Å². The van der Waals surface area contributed by atoms with Gasteiger partial charge in [-0.1, -0.05) is 0 Å². The van der Waals surface area contributed by atoms with Crippen LogP contribution in [0.2, 0.25) is 0 Å². The van der Waals surface area contributed by atoms with Gasteiger partial charge in [0.05, 0.1) is 24.7 Å². The van der Waals surface area contributed by atoms with Gasteiger partial charge < -0.3 is 9.64 Å². The predicted molar refractivity (Wildman–Crippen MR) is 86.4 cm³/mol. The maximum atomic E-state index is 12.7. The molecule has 0 amide bonds. The van der Waals surface area contributed by atoms with Crippen LogP contribution in [0.3, 0.4) is 0 Å². The van der Waals surface area contributed by atoms with Gasteiger partial charge in [0.25, 0.3) is 10.0 Å². The molecular formula is C13H20N6O3S. The summed E-state index contributed by atoms with van der Waals surface area (Å²) in [5.74, 6) is 0.402. The zero-order chi connectivity index (χ0) is 17.4. The average molecular weight is 340 g/mol. The van der Waals surface area contributed by atoms with Crippen LogP contribution in [0.1, 0.15) is 11.4 Å². The molecule has 23 heavy (non-hydrogen) atoms. The Morgan fingerprint density at radius 3 is 2.43 bits per heavy atom. The fourth-order valence-electron chi connectivity index (χ4n) is 2.21. The summed E-state index contributed by atoms with van der Waals surface area (Å²) in [7, 11) is 2.83. The summed E-state index contributed by atoms with van der Waals surface area (Å²) in [5.41, 5.74) is 1.24. The summed E-state index contributed by atoms with van der Waals surface area (Å²) in [6.07, 6.45) is 1.37.